The van der Waals surface area contributed by atoms with E-state index in [1.807, 2.05) is 66.0 Å². The molecule has 5 rings (SSSR count). The number of amides is 1. The summed E-state index contributed by atoms with van der Waals surface area (Å²) in [5, 5.41) is 11.0. The third-order valence-corrected chi connectivity index (χ3v) is 8.56. The van der Waals surface area contributed by atoms with Crippen LogP contribution in [-0.2, 0) is 6.61 Å². The van der Waals surface area contributed by atoms with Gasteiger partial charge in [0.2, 0.25) is 0 Å². The number of anilines is 2. The average molecular weight is 805 g/mol. The molecule has 0 radical (unpaired) electrons. The van der Waals surface area contributed by atoms with E-state index >= 15 is 0 Å². The van der Waals surface area contributed by atoms with Crippen LogP contribution in [0.25, 0.3) is 11.3 Å². The molecule has 10 heteroatoms. The van der Waals surface area contributed by atoms with Crippen LogP contribution in [0.3, 0.4) is 0 Å². The fourth-order valence-corrected chi connectivity index (χ4v) is 6.77. The lowest BCUT2D eigenvalue weighted by molar-refractivity contribution is 0.0955. The highest BCUT2D eigenvalue weighted by Gasteiger charge is 2.10. The predicted octanol–water partition coefficient (Wildman–Crippen LogP) is 9.07. The molecule has 0 saturated heterocycles. The number of hydrogen-bond donors (Lipinski definition) is 2. The summed E-state index contributed by atoms with van der Waals surface area (Å²) in [4.78, 5) is 17.3. The van der Waals surface area contributed by atoms with Crippen LogP contribution in [0.15, 0.2) is 95.4 Å². The molecular formula is C31H23ClI2N4O2S. The van der Waals surface area contributed by atoms with E-state index in [2.05, 4.69) is 85.1 Å². The van der Waals surface area contributed by atoms with Gasteiger partial charge in [-0.2, -0.15) is 5.10 Å². The zero-order valence-corrected chi connectivity index (χ0v) is 27.6. The second kappa shape index (κ2) is 13.8. The fourth-order valence-electron chi connectivity index (χ4n) is 3.77. The van der Waals surface area contributed by atoms with Crippen LogP contribution in [0, 0.1) is 14.1 Å². The van der Waals surface area contributed by atoms with E-state index in [-0.39, 0.29) is 5.91 Å². The molecule has 0 aliphatic heterocycles. The van der Waals surface area contributed by atoms with Crippen molar-refractivity contribution in [2.45, 2.75) is 13.5 Å². The van der Waals surface area contributed by atoms with Gasteiger partial charge >= 0.3 is 0 Å². The third-order valence-electron chi connectivity index (χ3n) is 5.95. The molecule has 4 aromatic carbocycles. The summed E-state index contributed by atoms with van der Waals surface area (Å²) in [7, 11) is 0. The van der Waals surface area contributed by atoms with Gasteiger partial charge in [-0.3, -0.25) is 4.79 Å². The average Bonchev–Trinajstić information content (AvgIpc) is 3.43. The molecule has 0 aliphatic carbocycles. The van der Waals surface area contributed by atoms with Crippen molar-refractivity contribution < 1.29 is 9.53 Å². The molecule has 0 saturated carbocycles. The second-order valence-corrected chi connectivity index (χ2v) is 12.7. The maximum Gasteiger partial charge on any atom is 0.271 e. The summed E-state index contributed by atoms with van der Waals surface area (Å²) >= 11 is 12.0. The number of hydrazone groups is 1. The molecule has 0 aliphatic rings. The molecule has 0 spiro atoms. The van der Waals surface area contributed by atoms with Crippen molar-refractivity contribution >= 4 is 91.1 Å². The number of nitrogens with one attached hydrogen (secondary N) is 2. The number of carbonyl (C=O) groups excluding carboxylic acids is 1. The van der Waals surface area contributed by atoms with Crippen LogP contribution in [-0.4, -0.2) is 17.1 Å². The van der Waals surface area contributed by atoms with Crippen molar-refractivity contribution in [2.75, 3.05) is 5.32 Å². The van der Waals surface area contributed by atoms with Crippen LogP contribution < -0.4 is 15.5 Å². The Bertz CT molecular complexity index is 1670. The van der Waals surface area contributed by atoms with Gasteiger partial charge in [-0.25, -0.2) is 10.4 Å². The van der Waals surface area contributed by atoms with Crippen molar-refractivity contribution in [1.29, 1.82) is 0 Å². The quantitative estimate of drug-likeness (QED) is 0.0887. The van der Waals surface area contributed by atoms with Crippen molar-refractivity contribution in [1.82, 2.24) is 10.4 Å². The Kier molecular flexibility index (Phi) is 9.91. The molecule has 41 heavy (non-hydrogen) atoms. The fraction of sp³-hybridized carbons (Fsp3) is 0.0645. The Labute approximate surface area is 274 Å². The van der Waals surface area contributed by atoms with Gasteiger partial charge in [-0.05, 0) is 112 Å². The molecule has 0 fully saturated rings. The first-order chi connectivity index (χ1) is 19.8. The summed E-state index contributed by atoms with van der Waals surface area (Å²) in [6.45, 7) is 2.50. The Morgan fingerprint density at radius 1 is 1.00 bits per heavy atom. The minimum atomic E-state index is -0.292. The number of nitrogens with zero attached hydrogens (tertiary/aromatic N) is 2. The van der Waals surface area contributed by atoms with Crippen LogP contribution in [0.1, 0.15) is 27.0 Å². The van der Waals surface area contributed by atoms with E-state index in [4.69, 9.17) is 16.3 Å². The number of aromatic nitrogens is 1. The molecule has 5 aromatic rings. The van der Waals surface area contributed by atoms with E-state index in [0.29, 0.717) is 17.2 Å². The van der Waals surface area contributed by atoms with Crippen LogP contribution in [0.2, 0.25) is 5.02 Å². The van der Waals surface area contributed by atoms with E-state index < -0.39 is 0 Å². The summed E-state index contributed by atoms with van der Waals surface area (Å²) in [5.41, 5.74) is 8.98. The number of carbonyl (C=O) groups is 1. The highest BCUT2D eigenvalue weighted by atomic mass is 127. The van der Waals surface area contributed by atoms with Gasteiger partial charge in [0.05, 0.1) is 19.0 Å². The highest BCUT2D eigenvalue weighted by Crippen LogP contribution is 2.30. The molecule has 0 atom stereocenters. The lowest BCUT2D eigenvalue weighted by Crippen LogP contribution is -2.17. The first kappa shape index (κ1) is 29.5. The topological polar surface area (TPSA) is 75.6 Å². The van der Waals surface area contributed by atoms with Gasteiger partial charge < -0.3 is 10.1 Å². The van der Waals surface area contributed by atoms with Gasteiger partial charge in [0, 0.05) is 27.2 Å². The smallest absolute Gasteiger partial charge is 0.271 e. The minimum Gasteiger partial charge on any atom is -0.487 e. The Morgan fingerprint density at radius 2 is 1.68 bits per heavy atom. The zero-order valence-electron chi connectivity index (χ0n) is 21.7. The second-order valence-electron chi connectivity index (χ2n) is 9.03. The molecule has 206 valence electrons. The Morgan fingerprint density at radius 3 is 2.37 bits per heavy atom. The Balaban J connectivity index is 1.16. The SMILES string of the molecule is Cc1ccc(Nc2nc(-c3ccc(C(=O)N/N=C\c4cc(I)c(OCc5ccc(Cl)cc5)c(I)c4)cc3)cs2)cc1. The van der Waals surface area contributed by atoms with Crippen LogP contribution in [0.4, 0.5) is 10.8 Å². The summed E-state index contributed by atoms with van der Waals surface area (Å²) in [6.07, 6.45) is 1.62. The molecule has 1 amide bonds. The number of aryl methyl sites for hydroxylation is 1. The Hall–Kier alpha value is -3.00. The van der Waals surface area contributed by atoms with Gasteiger partial charge in [0.1, 0.15) is 12.4 Å². The summed E-state index contributed by atoms with van der Waals surface area (Å²) < 4.78 is 7.94. The van der Waals surface area contributed by atoms with Gasteiger partial charge in [0.15, 0.2) is 5.13 Å². The van der Waals surface area contributed by atoms with Crippen molar-refractivity contribution in [2.24, 2.45) is 5.10 Å². The maximum atomic E-state index is 12.7. The van der Waals surface area contributed by atoms with E-state index in [1.54, 1.807) is 18.3 Å². The first-order valence-electron chi connectivity index (χ1n) is 12.4. The lowest BCUT2D eigenvalue weighted by atomic mass is 10.1. The minimum absolute atomic E-state index is 0.292. The molecule has 1 aromatic heterocycles. The van der Waals surface area contributed by atoms with Crippen molar-refractivity contribution in [3.05, 3.63) is 125 Å². The molecule has 2 N–H and O–H groups in total. The van der Waals surface area contributed by atoms with Crippen molar-refractivity contribution in [3.8, 4) is 17.0 Å². The number of thiazole rings is 1. The highest BCUT2D eigenvalue weighted by molar-refractivity contribution is 14.1. The molecular weight excluding hydrogens is 782 g/mol. The lowest BCUT2D eigenvalue weighted by Gasteiger charge is -2.11. The number of rotatable bonds is 9. The summed E-state index contributed by atoms with van der Waals surface area (Å²) in [5.74, 6) is 0.515. The number of ether oxygens (including phenoxy) is 1. The maximum absolute atomic E-state index is 12.7. The van der Waals surface area contributed by atoms with E-state index in [1.165, 1.54) is 16.9 Å². The largest absolute Gasteiger partial charge is 0.487 e. The first-order valence-corrected chi connectivity index (χ1v) is 15.8. The van der Waals surface area contributed by atoms with Gasteiger partial charge in [-0.1, -0.05) is 53.6 Å². The van der Waals surface area contributed by atoms with Crippen molar-refractivity contribution in [3.63, 3.8) is 0 Å². The number of benzene rings is 4. The zero-order chi connectivity index (χ0) is 28.8. The van der Waals surface area contributed by atoms with E-state index in [0.717, 1.165) is 46.1 Å². The number of halogens is 3. The molecule has 1 heterocycles. The van der Waals surface area contributed by atoms with Gasteiger partial charge in [0.25, 0.3) is 5.91 Å². The van der Waals surface area contributed by atoms with Crippen LogP contribution in [0.5, 0.6) is 5.75 Å². The monoisotopic (exact) mass is 804 g/mol. The normalized spacial score (nSPS) is 11.0. The van der Waals surface area contributed by atoms with Crippen LogP contribution >= 0.6 is 68.1 Å². The standard InChI is InChI=1S/C31H23ClI2N4O2S/c1-19-2-12-25(13-3-19)36-31-37-28(18-41-31)22-6-8-23(9-7-22)30(39)38-35-16-21-14-26(33)29(27(34)15-21)40-17-20-4-10-24(32)11-5-20/h2-16,18H,17H2,1H3,(H,36,37)(H,38,39)/b35-16-. The molecule has 6 nitrogen and oxygen atoms in total. The van der Waals surface area contributed by atoms with E-state index in [9.17, 15) is 4.79 Å². The third kappa shape index (κ3) is 8.06. The summed E-state index contributed by atoms with van der Waals surface area (Å²) in [6, 6.07) is 27.0. The number of hydrogen-bond acceptors (Lipinski definition) is 6. The molecule has 0 unspecified atom stereocenters. The predicted molar refractivity (Wildman–Crippen MR) is 185 cm³/mol. The molecule has 0 bridgehead atoms. The van der Waals surface area contributed by atoms with Gasteiger partial charge in [-0.15, -0.1) is 11.3 Å².